The van der Waals surface area contributed by atoms with Crippen molar-refractivity contribution in [2.45, 2.75) is 64.7 Å². The average molecular weight is 438 g/mol. The van der Waals surface area contributed by atoms with Gasteiger partial charge in [-0.15, -0.1) is 0 Å². The molecule has 1 aliphatic carbocycles. The molecule has 0 aliphatic heterocycles. The highest BCUT2D eigenvalue weighted by Gasteiger charge is 2.25. The highest BCUT2D eigenvalue weighted by atomic mass is 19.3. The molecule has 3 rings (SSSR count). The van der Waals surface area contributed by atoms with Crippen molar-refractivity contribution >= 4 is 11.6 Å². The van der Waals surface area contributed by atoms with Gasteiger partial charge < -0.3 is 14.8 Å². The van der Waals surface area contributed by atoms with Crippen LogP contribution in [0, 0.1) is 30.0 Å². The number of halogens is 3. The Morgan fingerprint density at radius 3 is 2.68 bits per heavy atom. The Morgan fingerprint density at radius 2 is 2.03 bits per heavy atom. The van der Waals surface area contributed by atoms with E-state index in [9.17, 15) is 18.4 Å². The molecule has 0 atom stereocenters. The maximum Gasteiger partial charge on any atom is 0.345 e. The fourth-order valence-electron chi connectivity index (χ4n) is 3.33. The SMILES string of the molecule is Cc1nn(C(C)(C)C#N)cc1Nc1ncc(F)c(OCC2CCC(OC(F)F)CC2)n1. The molecule has 1 aliphatic rings. The zero-order chi connectivity index (χ0) is 22.6. The quantitative estimate of drug-likeness (QED) is 0.656. The first kappa shape index (κ1) is 22.8. The Balaban J connectivity index is 1.61. The predicted octanol–water partition coefficient (Wildman–Crippen LogP) is 4.30. The molecule has 168 valence electrons. The van der Waals surface area contributed by atoms with Crippen molar-refractivity contribution in [3.63, 3.8) is 0 Å². The van der Waals surface area contributed by atoms with Gasteiger partial charge in [0.25, 0.3) is 5.88 Å². The van der Waals surface area contributed by atoms with Crippen molar-refractivity contribution in [2.24, 2.45) is 5.92 Å². The molecule has 0 unspecified atom stereocenters. The summed E-state index contributed by atoms with van der Waals surface area (Å²) in [6.07, 6.45) is 4.56. The van der Waals surface area contributed by atoms with Crippen LogP contribution in [-0.2, 0) is 10.3 Å². The molecule has 1 fully saturated rings. The maximum atomic E-state index is 14.1. The number of hydrogen-bond acceptors (Lipinski definition) is 7. The summed E-state index contributed by atoms with van der Waals surface area (Å²) in [5, 5.41) is 16.6. The zero-order valence-electron chi connectivity index (χ0n) is 17.6. The van der Waals surface area contributed by atoms with Crippen LogP contribution < -0.4 is 10.1 Å². The van der Waals surface area contributed by atoms with Gasteiger partial charge in [0.15, 0.2) is 0 Å². The monoisotopic (exact) mass is 438 g/mol. The molecule has 1 saturated carbocycles. The molecule has 8 nitrogen and oxygen atoms in total. The molecule has 0 spiro atoms. The number of ether oxygens (including phenoxy) is 2. The minimum atomic E-state index is -2.76. The number of nitrogens with zero attached hydrogens (tertiary/aromatic N) is 5. The predicted molar refractivity (Wildman–Crippen MR) is 106 cm³/mol. The summed E-state index contributed by atoms with van der Waals surface area (Å²) < 4.78 is 50.3. The van der Waals surface area contributed by atoms with Gasteiger partial charge in [-0.25, -0.2) is 4.98 Å². The van der Waals surface area contributed by atoms with Crippen molar-refractivity contribution < 1.29 is 22.6 Å². The molecular formula is C20H25F3N6O2. The molecule has 0 aromatic carbocycles. The average Bonchev–Trinajstić information content (AvgIpc) is 3.10. The van der Waals surface area contributed by atoms with Crippen molar-refractivity contribution in [1.29, 1.82) is 5.26 Å². The van der Waals surface area contributed by atoms with Gasteiger partial charge in [0.1, 0.15) is 5.54 Å². The molecule has 2 aromatic rings. The lowest BCUT2D eigenvalue weighted by Crippen LogP contribution is -2.26. The van der Waals surface area contributed by atoms with Gasteiger partial charge in [-0.2, -0.15) is 28.5 Å². The molecule has 0 amide bonds. The normalized spacial score (nSPS) is 19.3. The van der Waals surface area contributed by atoms with Gasteiger partial charge in [0.2, 0.25) is 11.8 Å². The van der Waals surface area contributed by atoms with Gasteiger partial charge in [0, 0.05) is 0 Å². The standard InChI is InChI=1S/C20H25F3N6O2/c1-12-16(9-29(28-12)20(2,3)11-24)26-19-25-8-15(21)17(27-19)30-10-13-4-6-14(7-5-13)31-18(22)23/h8-9,13-14,18H,4-7,10H2,1-3H3,(H,25,26,27). The second-order valence-corrected chi connectivity index (χ2v) is 8.07. The molecule has 11 heteroatoms. The summed E-state index contributed by atoms with van der Waals surface area (Å²) in [6, 6.07) is 2.17. The number of nitrogens with one attached hydrogen (secondary N) is 1. The lowest BCUT2D eigenvalue weighted by molar-refractivity contribution is -0.171. The van der Waals surface area contributed by atoms with E-state index in [1.165, 1.54) is 4.68 Å². The summed E-state index contributed by atoms with van der Waals surface area (Å²) in [7, 11) is 0. The van der Waals surface area contributed by atoms with Crippen LogP contribution in [0.1, 0.15) is 45.2 Å². The second-order valence-electron chi connectivity index (χ2n) is 8.07. The van der Waals surface area contributed by atoms with E-state index in [1.807, 2.05) is 0 Å². The topological polar surface area (TPSA) is 97.9 Å². The Labute approximate surface area is 178 Å². The molecular weight excluding hydrogens is 413 g/mol. The first-order chi connectivity index (χ1) is 14.7. The number of alkyl halides is 2. The summed E-state index contributed by atoms with van der Waals surface area (Å²) in [6.45, 7) is 2.69. The van der Waals surface area contributed by atoms with E-state index in [2.05, 4.69) is 31.2 Å². The number of aryl methyl sites for hydroxylation is 1. The first-order valence-electron chi connectivity index (χ1n) is 10.0. The number of rotatable bonds is 8. The molecule has 2 aromatic heterocycles. The molecule has 1 N–H and O–H groups in total. The number of hydrogen-bond donors (Lipinski definition) is 1. The minimum absolute atomic E-state index is 0.108. The van der Waals surface area contributed by atoms with Crippen LogP contribution in [-0.4, -0.2) is 39.1 Å². The lowest BCUT2D eigenvalue weighted by Gasteiger charge is -2.28. The van der Waals surface area contributed by atoms with Crippen LogP contribution in [0.2, 0.25) is 0 Å². The molecule has 0 bridgehead atoms. The van der Waals surface area contributed by atoms with Gasteiger partial charge >= 0.3 is 6.61 Å². The van der Waals surface area contributed by atoms with Crippen LogP contribution in [0.5, 0.6) is 5.88 Å². The van der Waals surface area contributed by atoms with Crippen molar-refractivity contribution in [3.05, 3.63) is 23.9 Å². The van der Waals surface area contributed by atoms with E-state index in [1.54, 1.807) is 27.0 Å². The number of nitriles is 1. The number of aromatic nitrogens is 4. The van der Waals surface area contributed by atoms with E-state index >= 15 is 0 Å². The lowest BCUT2D eigenvalue weighted by atomic mass is 9.88. The van der Waals surface area contributed by atoms with Crippen molar-refractivity contribution in [3.8, 4) is 11.9 Å². The van der Waals surface area contributed by atoms with E-state index < -0.39 is 24.1 Å². The van der Waals surface area contributed by atoms with Crippen molar-refractivity contribution in [1.82, 2.24) is 19.7 Å². The number of anilines is 2. The Bertz CT molecular complexity index is 935. The summed E-state index contributed by atoms with van der Waals surface area (Å²) in [5.41, 5.74) is 0.377. The molecule has 0 saturated heterocycles. The van der Waals surface area contributed by atoms with Gasteiger partial charge in [-0.1, -0.05) is 0 Å². The van der Waals surface area contributed by atoms with E-state index in [-0.39, 0.29) is 24.4 Å². The first-order valence-corrected chi connectivity index (χ1v) is 10.0. The third-order valence-electron chi connectivity index (χ3n) is 5.25. The maximum absolute atomic E-state index is 14.1. The molecule has 2 heterocycles. The summed E-state index contributed by atoms with van der Waals surface area (Å²) in [4.78, 5) is 8.03. The second kappa shape index (κ2) is 9.51. The smallest absolute Gasteiger partial charge is 0.345 e. The Kier molecular flexibility index (Phi) is 7.00. The van der Waals surface area contributed by atoms with Crippen LogP contribution >= 0.6 is 0 Å². The zero-order valence-corrected chi connectivity index (χ0v) is 17.6. The fourth-order valence-corrected chi connectivity index (χ4v) is 3.33. The van der Waals surface area contributed by atoms with Crippen molar-refractivity contribution in [2.75, 3.05) is 11.9 Å². The Hall–Kier alpha value is -2.87. The van der Waals surface area contributed by atoms with Gasteiger partial charge in [0.05, 0.1) is 42.6 Å². The van der Waals surface area contributed by atoms with Crippen LogP contribution in [0.4, 0.5) is 24.8 Å². The highest BCUT2D eigenvalue weighted by molar-refractivity contribution is 5.55. The van der Waals surface area contributed by atoms with Gasteiger partial charge in [-0.05, 0) is 52.4 Å². The van der Waals surface area contributed by atoms with E-state index in [0.29, 0.717) is 37.1 Å². The highest BCUT2D eigenvalue weighted by Crippen LogP contribution is 2.29. The minimum Gasteiger partial charge on any atom is -0.475 e. The van der Waals surface area contributed by atoms with E-state index in [4.69, 9.17) is 4.74 Å². The summed E-state index contributed by atoms with van der Waals surface area (Å²) >= 11 is 0. The molecule has 0 radical (unpaired) electrons. The van der Waals surface area contributed by atoms with Crippen LogP contribution in [0.15, 0.2) is 12.4 Å². The fraction of sp³-hybridized carbons (Fsp3) is 0.600. The molecule has 31 heavy (non-hydrogen) atoms. The van der Waals surface area contributed by atoms with Crippen LogP contribution in [0.25, 0.3) is 0 Å². The van der Waals surface area contributed by atoms with Gasteiger partial charge in [-0.3, -0.25) is 4.68 Å². The summed E-state index contributed by atoms with van der Waals surface area (Å²) in [5.74, 6) is -0.649. The largest absolute Gasteiger partial charge is 0.475 e. The van der Waals surface area contributed by atoms with Crippen LogP contribution in [0.3, 0.4) is 0 Å². The Morgan fingerprint density at radius 1 is 1.32 bits per heavy atom. The third-order valence-corrected chi connectivity index (χ3v) is 5.25. The van der Waals surface area contributed by atoms with E-state index in [0.717, 1.165) is 6.20 Å². The third kappa shape index (κ3) is 5.85.